The van der Waals surface area contributed by atoms with Crippen molar-refractivity contribution in [3.63, 3.8) is 0 Å². The average molecular weight is 454 g/mol. The van der Waals surface area contributed by atoms with Gasteiger partial charge in [0.25, 0.3) is 5.91 Å². The van der Waals surface area contributed by atoms with Gasteiger partial charge in [0.1, 0.15) is 11.6 Å². The number of imidazole rings is 1. The zero-order valence-corrected chi connectivity index (χ0v) is 18.1. The fraction of sp³-hybridized carbons (Fsp3) is 0.360. The number of amides is 1. The Kier molecular flexibility index (Phi) is 4.46. The van der Waals surface area contributed by atoms with Crippen LogP contribution in [0.4, 0.5) is 8.78 Å². The van der Waals surface area contributed by atoms with E-state index in [1.807, 2.05) is 30.5 Å². The summed E-state index contributed by atoms with van der Waals surface area (Å²) >= 11 is 0. The van der Waals surface area contributed by atoms with Crippen molar-refractivity contribution < 1.29 is 22.4 Å². The number of benzene rings is 2. The summed E-state index contributed by atoms with van der Waals surface area (Å²) in [5, 5.41) is 3.23. The molecule has 1 amide bonds. The molecule has 170 valence electrons. The van der Waals surface area contributed by atoms with E-state index in [0.717, 1.165) is 17.0 Å². The predicted octanol–water partition coefficient (Wildman–Crippen LogP) is 4.11. The summed E-state index contributed by atoms with van der Waals surface area (Å²) in [5.74, 6) is 5.75. The van der Waals surface area contributed by atoms with Crippen LogP contribution in [0.25, 0.3) is 11.0 Å². The summed E-state index contributed by atoms with van der Waals surface area (Å²) < 4.78 is 57.5. The lowest BCUT2D eigenvalue weighted by molar-refractivity contribution is -0.0507. The van der Waals surface area contributed by atoms with Gasteiger partial charge in [-0.1, -0.05) is 24.8 Å². The first-order chi connectivity index (χ1) is 17.1. The van der Waals surface area contributed by atoms with Gasteiger partial charge in [-0.2, -0.15) is 8.78 Å². The Morgan fingerprint density at radius 2 is 2.18 bits per heavy atom. The highest BCUT2D eigenvalue weighted by atomic mass is 19.3. The van der Waals surface area contributed by atoms with Crippen molar-refractivity contribution >= 4 is 16.9 Å². The SMILES string of the molecule is [2H]C([2H])([2H])N1C(=O)c2cccc(OC(F)F)c2[C@H]2C[C@@H]1c1nc3ccc(C#C[C@H](C)NCC)cc3n12. The number of alkyl halides is 2. The molecule has 2 bridgehead atoms. The van der Waals surface area contributed by atoms with E-state index in [1.54, 1.807) is 6.07 Å². The summed E-state index contributed by atoms with van der Waals surface area (Å²) in [4.78, 5) is 19.0. The first-order valence-electron chi connectivity index (χ1n) is 12.3. The van der Waals surface area contributed by atoms with Crippen molar-refractivity contribution in [2.24, 2.45) is 0 Å². The summed E-state index contributed by atoms with van der Waals surface area (Å²) in [6.07, 6.45) is 0.173. The third-order valence-corrected chi connectivity index (χ3v) is 6.09. The molecule has 2 aliphatic rings. The minimum atomic E-state index is -3.11. The Labute approximate surface area is 194 Å². The van der Waals surface area contributed by atoms with E-state index in [2.05, 4.69) is 22.1 Å². The molecular weight excluding hydrogens is 426 g/mol. The number of rotatable bonds is 4. The number of hydrogen-bond acceptors (Lipinski definition) is 4. The lowest BCUT2D eigenvalue weighted by Crippen LogP contribution is -2.30. The summed E-state index contributed by atoms with van der Waals surface area (Å²) in [5.41, 5.74) is 2.27. The Balaban J connectivity index is 1.73. The second kappa shape index (κ2) is 8.16. The van der Waals surface area contributed by atoms with Gasteiger partial charge in [0.15, 0.2) is 0 Å². The van der Waals surface area contributed by atoms with E-state index in [-0.39, 0.29) is 29.3 Å². The van der Waals surface area contributed by atoms with Crippen LogP contribution in [0.15, 0.2) is 36.4 Å². The van der Waals surface area contributed by atoms with Gasteiger partial charge in [-0.15, -0.1) is 0 Å². The molecule has 0 spiro atoms. The van der Waals surface area contributed by atoms with Crippen molar-refractivity contribution in [2.75, 3.05) is 13.5 Å². The van der Waals surface area contributed by atoms with Crippen molar-refractivity contribution in [1.82, 2.24) is 19.8 Å². The first kappa shape index (κ1) is 18.0. The second-order valence-electron chi connectivity index (χ2n) is 8.13. The van der Waals surface area contributed by atoms with Crippen LogP contribution in [-0.4, -0.2) is 46.5 Å². The van der Waals surface area contributed by atoms with Gasteiger partial charge >= 0.3 is 6.61 Å². The third-order valence-electron chi connectivity index (χ3n) is 6.09. The number of carbonyl (C=O) groups is 1. The number of aromatic nitrogens is 2. The van der Waals surface area contributed by atoms with Crippen LogP contribution >= 0.6 is 0 Å². The number of halogens is 2. The van der Waals surface area contributed by atoms with Crippen LogP contribution < -0.4 is 10.1 Å². The molecule has 6 nitrogen and oxygen atoms in total. The Morgan fingerprint density at radius 1 is 1.33 bits per heavy atom. The molecule has 1 aromatic heterocycles. The largest absolute Gasteiger partial charge is 0.434 e. The van der Waals surface area contributed by atoms with Gasteiger partial charge in [-0.3, -0.25) is 4.79 Å². The number of fused-ring (bicyclic) bond motifs is 9. The highest BCUT2D eigenvalue weighted by molar-refractivity contribution is 5.97. The van der Waals surface area contributed by atoms with Gasteiger partial charge in [-0.25, -0.2) is 4.98 Å². The van der Waals surface area contributed by atoms with Crippen molar-refractivity contribution in [1.29, 1.82) is 0 Å². The topological polar surface area (TPSA) is 59.4 Å². The van der Waals surface area contributed by atoms with Crippen LogP contribution in [0.2, 0.25) is 0 Å². The summed E-state index contributed by atoms with van der Waals surface area (Å²) in [7, 11) is 0. The van der Waals surface area contributed by atoms with Crippen LogP contribution in [-0.2, 0) is 0 Å². The van der Waals surface area contributed by atoms with Gasteiger partial charge in [0.05, 0.1) is 29.2 Å². The normalized spacial score (nSPS) is 21.4. The summed E-state index contributed by atoms with van der Waals surface area (Å²) in [6, 6.07) is 8.21. The standard InChI is InChI=1S/C25H24F2N4O2/c1-4-28-14(2)8-9-15-10-11-17-18(12-15)31-19-13-20(23(31)29-17)30(3)24(32)16-6-5-7-21(22(16)19)33-25(26)27/h5-7,10-12,14,19-20,25,28H,4,13H2,1-3H3/t14-,19+,20+/m0/s1/i3D3. The molecule has 2 aliphatic heterocycles. The van der Waals surface area contributed by atoms with Crippen LogP contribution in [0.5, 0.6) is 5.75 Å². The highest BCUT2D eigenvalue weighted by Crippen LogP contribution is 2.49. The zero-order chi connectivity index (χ0) is 25.8. The average Bonchev–Trinajstić information content (AvgIpc) is 3.29. The number of ether oxygens (including phenoxy) is 1. The Morgan fingerprint density at radius 3 is 2.94 bits per heavy atom. The lowest BCUT2D eigenvalue weighted by Gasteiger charge is -2.24. The maximum atomic E-state index is 13.5. The molecule has 5 rings (SSSR count). The molecule has 0 fully saturated rings. The molecular formula is C25H24F2N4O2. The molecule has 8 heteroatoms. The fourth-order valence-corrected chi connectivity index (χ4v) is 4.74. The number of hydrogen-bond donors (Lipinski definition) is 1. The van der Waals surface area contributed by atoms with Gasteiger partial charge in [0, 0.05) is 34.2 Å². The molecule has 0 radical (unpaired) electrons. The highest BCUT2D eigenvalue weighted by Gasteiger charge is 2.44. The van der Waals surface area contributed by atoms with E-state index < -0.39 is 31.6 Å². The van der Waals surface area contributed by atoms with Crippen LogP contribution in [0.1, 0.15) is 63.8 Å². The summed E-state index contributed by atoms with van der Waals surface area (Å²) in [6.45, 7) is -1.13. The molecule has 0 aliphatic carbocycles. The number of nitrogens with zero attached hydrogens (tertiary/aromatic N) is 3. The molecule has 0 saturated carbocycles. The molecule has 1 N–H and O–H groups in total. The predicted molar refractivity (Wildman–Crippen MR) is 120 cm³/mol. The Bertz CT molecular complexity index is 1410. The van der Waals surface area contributed by atoms with E-state index in [9.17, 15) is 13.6 Å². The maximum absolute atomic E-state index is 13.5. The molecule has 3 heterocycles. The second-order valence-corrected chi connectivity index (χ2v) is 8.13. The van der Waals surface area contributed by atoms with Gasteiger partial charge in [0.2, 0.25) is 0 Å². The van der Waals surface area contributed by atoms with E-state index in [0.29, 0.717) is 16.9 Å². The smallest absolute Gasteiger partial charge is 0.387 e. The van der Waals surface area contributed by atoms with Crippen molar-refractivity contribution in [2.45, 2.75) is 45.0 Å². The number of carbonyl (C=O) groups excluding carboxylic acids is 1. The van der Waals surface area contributed by atoms with Crippen molar-refractivity contribution in [3.05, 3.63) is 58.9 Å². The van der Waals surface area contributed by atoms with Crippen molar-refractivity contribution in [3.8, 4) is 17.6 Å². The monoisotopic (exact) mass is 453 g/mol. The van der Waals surface area contributed by atoms with Gasteiger partial charge < -0.3 is 19.5 Å². The van der Waals surface area contributed by atoms with E-state index in [1.165, 1.54) is 18.2 Å². The minimum Gasteiger partial charge on any atom is -0.434 e. The maximum Gasteiger partial charge on any atom is 0.387 e. The number of nitrogens with one attached hydrogen (secondary N) is 1. The van der Waals surface area contributed by atoms with Crippen LogP contribution in [0.3, 0.4) is 0 Å². The van der Waals surface area contributed by atoms with E-state index in [4.69, 9.17) is 8.85 Å². The third kappa shape index (κ3) is 3.53. The molecule has 3 aromatic rings. The molecule has 0 unspecified atom stereocenters. The fourth-order valence-electron chi connectivity index (χ4n) is 4.74. The van der Waals surface area contributed by atoms with Gasteiger partial charge in [-0.05, 0) is 43.8 Å². The lowest BCUT2D eigenvalue weighted by atomic mass is 9.97. The first-order valence-corrected chi connectivity index (χ1v) is 10.8. The Hall–Kier alpha value is -3.44. The van der Waals surface area contributed by atoms with E-state index >= 15 is 0 Å². The molecule has 33 heavy (non-hydrogen) atoms. The van der Waals surface area contributed by atoms with Crippen LogP contribution in [0, 0.1) is 11.8 Å². The quantitative estimate of drug-likeness (QED) is 0.604. The molecule has 2 aromatic carbocycles. The molecule has 0 saturated heterocycles. The zero-order valence-electron chi connectivity index (χ0n) is 21.1. The minimum absolute atomic E-state index is 0.00985. The molecule has 3 atom stereocenters.